The number of unbranched alkanes of at least 4 members (excludes halogenated alkanes) is 1. The molecular formula is C18H27ClOTi. The molecule has 0 saturated heterocycles. The summed E-state index contributed by atoms with van der Waals surface area (Å²) in [7, 11) is 0. The Kier molecular flexibility index (Phi) is 9.81. The van der Waals surface area contributed by atoms with Crippen LogP contribution in [0.15, 0.2) is 47.6 Å². The van der Waals surface area contributed by atoms with Crippen LogP contribution in [0.5, 0.6) is 0 Å². The van der Waals surface area contributed by atoms with E-state index >= 15 is 0 Å². The Hall–Kier alpha value is -0.0757. The number of hydrogen-bond donors (Lipinski definition) is 1. The molecule has 1 atom stereocenters. The first-order chi connectivity index (χ1) is 9.23. The van der Waals surface area contributed by atoms with Crippen molar-refractivity contribution in [2.75, 3.05) is 0 Å². The van der Waals surface area contributed by atoms with Gasteiger partial charge in [0.25, 0.3) is 0 Å². The molecule has 0 aromatic rings. The Labute approximate surface area is 150 Å². The molecule has 2 aliphatic rings. The van der Waals surface area contributed by atoms with Crippen molar-refractivity contribution in [1.82, 2.24) is 0 Å². The molecule has 0 amide bonds. The molecule has 1 unspecified atom stereocenters. The van der Waals surface area contributed by atoms with Gasteiger partial charge in [-0.3, -0.25) is 0 Å². The van der Waals surface area contributed by atoms with Crippen molar-refractivity contribution >= 4 is 12.4 Å². The van der Waals surface area contributed by atoms with Gasteiger partial charge in [0, 0.05) is 21.7 Å². The zero-order chi connectivity index (χ0) is 13.7. The smallest absolute Gasteiger partial charge is 0.111 e. The summed E-state index contributed by atoms with van der Waals surface area (Å²) in [6, 6.07) is 0. The molecular weight excluding hydrogens is 316 g/mol. The van der Waals surface area contributed by atoms with Gasteiger partial charge in [-0.15, -0.1) is 12.4 Å². The van der Waals surface area contributed by atoms with E-state index in [4.69, 9.17) is 0 Å². The Morgan fingerprint density at radius 2 is 1.62 bits per heavy atom. The summed E-state index contributed by atoms with van der Waals surface area (Å²) in [4.78, 5) is 0. The van der Waals surface area contributed by atoms with Gasteiger partial charge in [0.1, 0.15) is 5.60 Å². The van der Waals surface area contributed by atoms with Gasteiger partial charge in [0.15, 0.2) is 0 Å². The van der Waals surface area contributed by atoms with E-state index in [9.17, 15) is 5.11 Å². The Morgan fingerprint density at radius 1 is 1.10 bits per heavy atom. The summed E-state index contributed by atoms with van der Waals surface area (Å²) in [5, 5.41) is 11.5. The van der Waals surface area contributed by atoms with E-state index in [1.165, 1.54) is 24.0 Å². The molecule has 0 bridgehead atoms. The normalized spacial score (nSPS) is 17.9. The number of allylic oxidation sites excluding steroid dienone is 6. The molecule has 1 nitrogen and oxygen atoms in total. The molecule has 21 heavy (non-hydrogen) atoms. The summed E-state index contributed by atoms with van der Waals surface area (Å²) < 4.78 is 0. The molecule has 0 aliphatic heterocycles. The maximum atomic E-state index is 11.5. The fourth-order valence-electron chi connectivity index (χ4n) is 3.35. The van der Waals surface area contributed by atoms with Gasteiger partial charge in [0.05, 0.1) is 0 Å². The third-order valence-electron chi connectivity index (χ3n) is 4.51. The van der Waals surface area contributed by atoms with Crippen molar-refractivity contribution in [2.45, 2.75) is 58.0 Å². The number of aliphatic hydroxyl groups is 1. The van der Waals surface area contributed by atoms with Crippen molar-refractivity contribution < 1.29 is 26.8 Å². The van der Waals surface area contributed by atoms with Crippen LogP contribution in [0.4, 0.5) is 0 Å². The van der Waals surface area contributed by atoms with E-state index in [1.54, 1.807) is 0 Å². The fraction of sp³-hybridized carbons (Fsp3) is 0.556. The van der Waals surface area contributed by atoms with Crippen LogP contribution in [-0.4, -0.2) is 10.7 Å². The largest absolute Gasteiger partial charge is 0.381 e. The van der Waals surface area contributed by atoms with Gasteiger partial charge < -0.3 is 5.11 Å². The average molecular weight is 343 g/mol. The molecule has 3 heteroatoms. The quantitative estimate of drug-likeness (QED) is 0.636. The minimum atomic E-state index is -0.725. The molecule has 2 aliphatic carbocycles. The second-order valence-electron chi connectivity index (χ2n) is 5.66. The fourth-order valence-corrected chi connectivity index (χ4v) is 3.35. The predicted octanol–water partition coefficient (Wildman–Crippen LogP) is 5.13. The van der Waals surface area contributed by atoms with Crippen LogP contribution >= 0.6 is 12.4 Å². The average Bonchev–Trinajstić information content (AvgIpc) is 3.12. The van der Waals surface area contributed by atoms with Gasteiger partial charge in [-0.05, 0) is 42.7 Å². The summed E-state index contributed by atoms with van der Waals surface area (Å²) in [6.07, 6.45) is 19.0. The molecule has 2 rings (SSSR count). The first kappa shape index (κ1) is 20.9. The number of rotatable bonds is 7. The van der Waals surface area contributed by atoms with Crippen LogP contribution in [0.25, 0.3) is 0 Å². The van der Waals surface area contributed by atoms with Crippen molar-refractivity contribution in [3.8, 4) is 0 Å². The van der Waals surface area contributed by atoms with Gasteiger partial charge in [-0.1, -0.05) is 63.1 Å². The summed E-state index contributed by atoms with van der Waals surface area (Å²) >= 11 is 0. The van der Waals surface area contributed by atoms with Crippen LogP contribution in [0.2, 0.25) is 0 Å². The molecule has 0 heterocycles. The van der Waals surface area contributed by atoms with Crippen LogP contribution in [0.1, 0.15) is 52.4 Å². The van der Waals surface area contributed by atoms with E-state index in [2.05, 4.69) is 50.3 Å². The van der Waals surface area contributed by atoms with Crippen molar-refractivity contribution in [3.05, 3.63) is 47.6 Å². The second kappa shape index (κ2) is 9.84. The standard InChI is InChI=1S/C18H26O.ClH.Ti/c1-3-5-10-15(4-2)18(19,16-11-6-7-12-16)17-13-8-9-14-17;;/h6-9,11,13,15,19H,3-5,10,12,14H2,1-2H3;1H;. The maximum absolute atomic E-state index is 11.5. The maximum Gasteiger partial charge on any atom is 0.111 e. The third-order valence-corrected chi connectivity index (χ3v) is 4.51. The summed E-state index contributed by atoms with van der Waals surface area (Å²) in [5.74, 6) is 0.338. The Morgan fingerprint density at radius 3 is 1.95 bits per heavy atom. The molecule has 0 saturated carbocycles. The van der Waals surface area contributed by atoms with Crippen molar-refractivity contribution in [3.63, 3.8) is 0 Å². The van der Waals surface area contributed by atoms with Gasteiger partial charge in [-0.2, -0.15) is 0 Å². The minimum absolute atomic E-state index is 0. The first-order valence-electron chi connectivity index (χ1n) is 7.68. The topological polar surface area (TPSA) is 20.2 Å². The molecule has 0 aromatic carbocycles. The van der Waals surface area contributed by atoms with Crippen molar-refractivity contribution in [1.29, 1.82) is 0 Å². The van der Waals surface area contributed by atoms with Crippen molar-refractivity contribution in [2.24, 2.45) is 5.92 Å². The van der Waals surface area contributed by atoms with Gasteiger partial charge in [-0.25, -0.2) is 0 Å². The molecule has 1 N–H and O–H groups in total. The van der Waals surface area contributed by atoms with Crippen LogP contribution < -0.4 is 0 Å². The summed E-state index contributed by atoms with van der Waals surface area (Å²) in [6.45, 7) is 4.43. The van der Waals surface area contributed by atoms with Crippen LogP contribution in [0, 0.1) is 5.92 Å². The monoisotopic (exact) mass is 342 g/mol. The summed E-state index contributed by atoms with van der Waals surface area (Å²) in [5.41, 5.74) is 1.65. The minimum Gasteiger partial charge on any atom is -0.381 e. The molecule has 0 radical (unpaired) electrons. The molecule has 0 fully saturated rings. The van der Waals surface area contributed by atoms with Crippen LogP contribution in [-0.2, 0) is 21.7 Å². The Bertz CT molecular complexity index is 404. The Balaban J connectivity index is 0.00000200. The molecule has 116 valence electrons. The first-order valence-corrected chi connectivity index (χ1v) is 7.68. The third kappa shape index (κ3) is 4.45. The zero-order valence-corrected chi connectivity index (χ0v) is 15.5. The van der Waals surface area contributed by atoms with Crippen LogP contribution in [0.3, 0.4) is 0 Å². The zero-order valence-electron chi connectivity index (χ0n) is 13.1. The van der Waals surface area contributed by atoms with Gasteiger partial charge >= 0.3 is 0 Å². The van der Waals surface area contributed by atoms with E-state index in [0.717, 1.165) is 25.7 Å². The van der Waals surface area contributed by atoms with E-state index in [-0.39, 0.29) is 34.1 Å². The SMILES string of the molecule is CCCCC(CC)C(O)(C1=CC=CC1)C1=CC=CC1.Cl.[Ti]. The second-order valence-corrected chi connectivity index (χ2v) is 5.66. The predicted molar refractivity (Wildman–Crippen MR) is 89.2 cm³/mol. The van der Waals surface area contributed by atoms with E-state index in [1.807, 2.05) is 0 Å². The van der Waals surface area contributed by atoms with E-state index < -0.39 is 5.60 Å². The molecule has 0 aromatic heterocycles. The number of hydrogen-bond acceptors (Lipinski definition) is 1. The van der Waals surface area contributed by atoms with Gasteiger partial charge in [0.2, 0.25) is 0 Å². The number of halogens is 1. The van der Waals surface area contributed by atoms with E-state index in [0.29, 0.717) is 5.92 Å². The molecule has 0 spiro atoms.